The normalized spacial score (nSPS) is 15.9. The molecule has 0 bridgehead atoms. The maximum atomic E-state index is 12.4. The van der Waals surface area contributed by atoms with Crippen LogP contribution in [-0.2, 0) is 6.42 Å². The smallest absolute Gasteiger partial charge is 0.166 e. The lowest BCUT2D eigenvalue weighted by Crippen LogP contribution is -2.15. The molecule has 1 N–H and O–H groups in total. The Hall–Kier alpha value is -1.75. The van der Waals surface area contributed by atoms with Gasteiger partial charge in [-0.3, -0.25) is 4.79 Å². The number of phenols is 1. The topological polar surface area (TPSA) is 37.3 Å². The fraction of sp³-hybridized carbons (Fsp3) is 0.667. The van der Waals surface area contributed by atoms with E-state index >= 15 is 0 Å². The average molecular weight is 403 g/mol. The van der Waals surface area contributed by atoms with Gasteiger partial charge >= 0.3 is 0 Å². The van der Waals surface area contributed by atoms with Crippen molar-refractivity contribution in [3.05, 3.63) is 29.3 Å². The van der Waals surface area contributed by atoms with E-state index in [9.17, 15) is 9.90 Å². The van der Waals surface area contributed by atoms with Gasteiger partial charge in [0.1, 0.15) is 5.75 Å². The number of aromatic hydroxyl groups is 1. The number of hydrogen-bond donors (Lipinski definition) is 1. The van der Waals surface area contributed by atoms with Crippen LogP contribution in [0.1, 0.15) is 111 Å². The standard InChI is InChI=1S/C18H22O2.C7H16.C2H6.H2/c1-3-5-7-13(6-4-2)10-15-11-14-8-9-16(19)12-17(14)18(15)20;1-5-6-7(2,3)4;1-2;/h1,8-9,12-13,15,19H,4-7,10-11H2,2H3;5-6H2,1-4H3;1-2H3;1H. The number of carbonyl (C=O) groups excluding carboxylic acids is 1. The van der Waals surface area contributed by atoms with Gasteiger partial charge in [0.25, 0.3) is 0 Å². The lowest BCUT2D eigenvalue weighted by Gasteiger charge is -2.18. The van der Waals surface area contributed by atoms with E-state index in [0.29, 0.717) is 16.9 Å². The second kappa shape index (κ2) is 14.3. The van der Waals surface area contributed by atoms with Crippen LogP contribution >= 0.6 is 0 Å². The number of rotatable bonds is 7. The molecule has 2 rings (SSSR count). The van der Waals surface area contributed by atoms with Gasteiger partial charge in [-0.2, -0.15) is 0 Å². The van der Waals surface area contributed by atoms with E-state index in [-0.39, 0.29) is 18.9 Å². The first-order valence-corrected chi connectivity index (χ1v) is 11.5. The molecule has 2 nitrogen and oxygen atoms in total. The van der Waals surface area contributed by atoms with Gasteiger partial charge in [0.2, 0.25) is 0 Å². The van der Waals surface area contributed by atoms with Crippen molar-refractivity contribution in [2.24, 2.45) is 17.3 Å². The van der Waals surface area contributed by atoms with Crippen LogP contribution in [0.15, 0.2) is 18.2 Å². The second-order valence-corrected chi connectivity index (χ2v) is 9.05. The molecular formula is C27H46O2. The molecule has 0 aliphatic heterocycles. The molecule has 0 saturated heterocycles. The van der Waals surface area contributed by atoms with Crippen molar-refractivity contribution < 1.29 is 11.3 Å². The summed E-state index contributed by atoms with van der Waals surface area (Å²) in [5, 5.41) is 9.51. The molecule has 1 aliphatic carbocycles. The predicted molar refractivity (Wildman–Crippen MR) is 129 cm³/mol. The molecule has 0 radical (unpaired) electrons. The highest BCUT2D eigenvalue weighted by Crippen LogP contribution is 2.34. The third-order valence-corrected chi connectivity index (χ3v) is 5.21. The lowest BCUT2D eigenvalue weighted by atomic mass is 9.86. The van der Waals surface area contributed by atoms with E-state index in [2.05, 4.69) is 40.5 Å². The first-order chi connectivity index (χ1) is 13.7. The molecule has 0 saturated carbocycles. The summed E-state index contributed by atoms with van der Waals surface area (Å²) in [5.74, 6) is 3.67. The van der Waals surface area contributed by atoms with E-state index in [1.165, 1.54) is 12.8 Å². The van der Waals surface area contributed by atoms with Crippen molar-refractivity contribution in [2.45, 2.75) is 99.8 Å². The quantitative estimate of drug-likeness (QED) is 0.468. The fourth-order valence-electron chi connectivity index (χ4n) is 3.97. The van der Waals surface area contributed by atoms with Crippen molar-refractivity contribution in [3.63, 3.8) is 0 Å². The monoisotopic (exact) mass is 402 g/mol. The highest BCUT2D eigenvalue weighted by molar-refractivity contribution is 6.02. The van der Waals surface area contributed by atoms with Crippen LogP contribution in [0.25, 0.3) is 0 Å². The summed E-state index contributed by atoms with van der Waals surface area (Å²) in [6.07, 6.45) is 13.8. The number of Topliss-reactive ketones (excluding diaryl/α,β-unsaturated/α-hetero) is 1. The van der Waals surface area contributed by atoms with Crippen LogP contribution < -0.4 is 0 Å². The SMILES string of the molecule is C#CCCC(CCC)CC1Cc2ccc(O)cc2C1=O.CC.CCCC(C)(C)C.[HH]. The molecular weight excluding hydrogens is 356 g/mol. The predicted octanol–water partition coefficient (Wildman–Crippen LogP) is 8.07. The minimum absolute atomic E-state index is 0. The lowest BCUT2D eigenvalue weighted by molar-refractivity contribution is 0.0915. The molecule has 0 aromatic heterocycles. The Morgan fingerprint density at radius 3 is 2.34 bits per heavy atom. The highest BCUT2D eigenvalue weighted by Gasteiger charge is 2.32. The second-order valence-electron chi connectivity index (χ2n) is 9.05. The van der Waals surface area contributed by atoms with Gasteiger partial charge in [-0.15, -0.1) is 12.3 Å². The number of carbonyl (C=O) groups is 1. The molecule has 0 fully saturated rings. The molecule has 2 unspecified atom stereocenters. The van der Waals surface area contributed by atoms with Crippen LogP contribution in [-0.4, -0.2) is 10.9 Å². The van der Waals surface area contributed by atoms with Crippen molar-refractivity contribution in [2.75, 3.05) is 0 Å². The van der Waals surface area contributed by atoms with Crippen LogP contribution in [0.5, 0.6) is 5.75 Å². The maximum absolute atomic E-state index is 12.4. The fourth-order valence-corrected chi connectivity index (χ4v) is 3.97. The summed E-state index contributed by atoms with van der Waals surface area (Å²) >= 11 is 0. The zero-order valence-corrected chi connectivity index (χ0v) is 20.0. The van der Waals surface area contributed by atoms with E-state index < -0.39 is 0 Å². The summed E-state index contributed by atoms with van der Waals surface area (Å²) in [6, 6.07) is 5.14. The highest BCUT2D eigenvalue weighted by atomic mass is 16.3. The molecule has 0 spiro atoms. The molecule has 1 aromatic carbocycles. The molecule has 166 valence electrons. The summed E-state index contributed by atoms with van der Waals surface area (Å²) in [4.78, 5) is 12.4. The molecule has 29 heavy (non-hydrogen) atoms. The van der Waals surface area contributed by atoms with E-state index in [0.717, 1.165) is 44.1 Å². The molecule has 0 heterocycles. The van der Waals surface area contributed by atoms with Crippen LogP contribution in [0.4, 0.5) is 0 Å². The van der Waals surface area contributed by atoms with Gasteiger partial charge in [-0.1, -0.05) is 73.8 Å². The third-order valence-electron chi connectivity index (χ3n) is 5.21. The Bertz CT molecular complexity index is 637. The van der Waals surface area contributed by atoms with Gasteiger partial charge in [0.15, 0.2) is 5.78 Å². The molecule has 1 aromatic rings. The minimum atomic E-state index is 0. The minimum Gasteiger partial charge on any atom is -0.508 e. The van der Waals surface area contributed by atoms with Gasteiger partial charge in [-0.05, 0) is 54.7 Å². The zero-order chi connectivity index (χ0) is 22.4. The van der Waals surface area contributed by atoms with Crippen molar-refractivity contribution in [1.29, 1.82) is 0 Å². The number of fused-ring (bicyclic) bond motifs is 1. The van der Waals surface area contributed by atoms with Gasteiger partial charge in [0.05, 0.1) is 0 Å². The van der Waals surface area contributed by atoms with E-state index in [1.54, 1.807) is 12.1 Å². The molecule has 2 heteroatoms. The number of terminal acetylenes is 1. The Labute approximate surface area is 182 Å². The Kier molecular flexibility index (Phi) is 13.4. The summed E-state index contributed by atoms with van der Waals surface area (Å²) in [7, 11) is 0. The van der Waals surface area contributed by atoms with Crippen molar-refractivity contribution in [1.82, 2.24) is 0 Å². The Morgan fingerprint density at radius 2 is 1.86 bits per heavy atom. The summed E-state index contributed by atoms with van der Waals surface area (Å²) in [5.41, 5.74) is 2.33. The number of benzene rings is 1. The van der Waals surface area contributed by atoms with Crippen LogP contribution in [0.2, 0.25) is 0 Å². The first kappa shape index (κ1) is 27.2. The number of ketones is 1. The van der Waals surface area contributed by atoms with Crippen molar-refractivity contribution in [3.8, 4) is 18.1 Å². The molecule has 2 atom stereocenters. The van der Waals surface area contributed by atoms with Gasteiger partial charge in [-0.25, -0.2) is 0 Å². The van der Waals surface area contributed by atoms with Crippen molar-refractivity contribution >= 4 is 5.78 Å². The summed E-state index contributed by atoms with van der Waals surface area (Å²) in [6.45, 7) is 15.2. The largest absolute Gasteiger partial charge is 0.508 e. The van der Waals surface area contributed by atoms with Crippen LogP contribution in [0.3, 0.4) is 0 Å². The molecule has 1 aliphatic rings. The van der Waals surface area contributed by atoms with E-state index in [4.69, 9.17) is 6.42 Å². The number of hydrogen-bond acceptors (Lipinski definition) is 2. The number of phenolic OH excluding ortho intramolecular Hbond substituents is 1. The third kappa shape index (κ3) is 10.6. The average Bonchev–Trinajstić information content (AvgIpc) is 2.96. The first-order valence-electron chi connectivity index (χ1n) is 11.5. The Balaban J connectivity index is 0. The Morgan fingerprint density at radius 1 is 1.21 bits per heavy atom. The van der Waals surface area contributed by atoms with Crippen LogP contribution in [0, 0.1) is 29.6 Å². The maximum Gasteiger partial charge on any atom is 0.166 e. The zero-order valence-electron chi connectivity index (χ0n) is 20.0. The van der Waals surface area contributed by atoms with Gasteiger partial charge in [0, 0.05) is 19.3 Å². The molecule has 0 amide bonds. The van der Waals surface area contributed by atoms with Gasteiger partial charge < -0.3 is 5.11 Å². The summed E-state index contributed by atoms with van der Waals surface area (Å²) < 4.78 is 0. The van der Waals surface area contributed by atoms with E-state index in [1.807, 2.05) is 19.9 Å².